The molecule has 5 rings (SSSR count). The second-order valence-corrected chi connectivity index (χ2v) is 8.80. The summed E-state index contributed by atoms with van der Waals surface area (Å²) in [5.74, 6) is 1.90. The molecular formula is C27H32N2O2. The Kier molecular flexibility index (Phi) is 6.26. The normalized spacial score (nSPS) is 22.0. The molecule has 0 spiro atoms. The number of nitrogens with zero attached hydrogens (tertiary/aromatic N) is 2. The predicted octanol–water partition coefficient (Wildman–Crippen LogP) is 5.52. The Morgan fingerprint density at radius 2 is 1.71 bits per heavy atom. The molecule has 1 saturated heterocycles. The first kappa shape index (κ1) is 20.2. The molecule has 0 bridgehead atoms. The first-order valence-corrected chi connectivity index (χ1v) is 11.7. The van der Waals surface area contributed by atoms with Gasteiger partial charge in [0.15, 0.2) is 0 Å². The molecule has 0 amide bonds. The van der Waals surface area contributed by atoms with Crippen LogP contribution in [0.2, 0.25) is 0 Å². The fraction of sp³-hybridized carbons (Fsp3) is 0.407. The van der Waals surface area contributed by atoms with Gasteiger partial charge in [-0.2, -0.15) is 0 Å². The van der Waals surface area contributed by atoms with E-state index in [4.69, 9.17) is 9.47 Å². The van der Waals surface area contributed by atoms with Gasteiger partial charge in [-0.05, 0) is 61.2 Å². The molecule has 1 atom stereocenters. The number of hydrogen-bond acceptors (Lipinski definition) is 4. The van der Waals surface area contributed by atoms with Crippen LogP contribution in [0.25, 0.3) is 0 Å². The Morgan fingerprint density at radius 3 is 2.45 bits per heavy atom. The quantitative estimate of drug-likeness (QED) is 0.594. The number of anilines is 1. The van der Waals surface area contributed by atoms with Crippen molar-refractivity contribution in [3.63, 3.8) is 0 Å². The molecule has 2 heterocycles. The highest BCUT2D eigenvalue weighted by atomic mass is 16.5. The molecule has 0 N–H and O–H groups in total. The van der Waals surface area contributed by atoms with Crippen molar-refractivity contribution >= 4 is 5.69 Å². The van der Waals surface area contributed by atoms with Crippen LogP contribution in [0, 0.1) is 0 Å². The van der Waals surface area contributed by atoms with Crippen LogP contribution in [-0.2, 0) is 11.3 Å². The average Bonchev–Trinajstić information content (AvgIpc) is 3.52. The highest BCUT2D eigenvalue weighted by molar-refractivity contribution is 5.53. The van der Waals surface area contributed by atoms with Crippen LogP contribution in [0.15, 0.2) is 78.7 Å². The van der Waals surface area contributed by atoms with Gasteiger partial charge in [-0.1, -0.05) is 43.2 Å². The minimum absolute atomic E-state index is 0.327. The van der Waals surface area contributed by atoms with Crippen LogP contribution >= 0.6 is 0 Å². The van der Waals surface area contributed by atoms with Crippen molar-refractivity contribution in [2.75, 3.05) is 24.5 Å². The van der Waals surface area contributed by atoms with Crippen molar-refractivity contribution in [1.29, 1.82) is 0 Å². The van der Waals surface area contributed by atoms with E-state index >= 15 is 0 Å². The van der Waals surface area contributed by atoms with E-state index in [-0.39, 0.29) is 0 Å². The van der Waals surface area contributed by atoms with E-state index in [2.05, 4.69) is 58.5 Å². The second-order valence-electron chi connectivity index (χ2n) is 8.80. The zero-order valence-electron chi connectivity index (χ0n) is 18.2. The zero-order valence-corrected chi connectivity index (χ0v) is 18.2. The molecule has 31 heavy (non-hydrogen) atoms. The smallest absolute Gasteiger partial charge is 0.119 e. The number of rotatable bonds is 7. The Morgan fingerprint density at radius 1 is 0.903 bits per heavy atom. The first-order chi connectivity index (χ1) is 15.3. The number of allylic oxidation sites excluding steroid dienone is 1. The van der Waals surface area contributed by atoms with Gasteiger partial charge in [0.1, 0.15) is 24.2 Å². The molecule has 162 valence electrons. The van der Waals surface area contributed by atoms with Crippen LogP contribution in [0.1, 0.15) is 37.7 Å². The molecule has 0 aromatic heterocycles. The number of benzene rings is 2. The predicted molar refractivity (Wildman–Crippen MR) is 125 cm³/mol. The van der Waals surface area contributed by atoms with Crippen molar-refractivity contribution in [3.05, 3.63) is 84.3 Å². The standard InChI is InChI=1S/C27H32N2O2/c1-2-6-22(7-3-1)21-30-25-14-17-28(18-15-25)24-10-12-26(13-11-24)31-27-16-19-29(20-27)23-8-4-5-9-23/h1-3,6-7,10-15,17,23,27H,4-5,8-9,16,18-21H2/t27-/m1/s1. The van der Waals surface area contributed by atoms with E-state index in [0.29, 0.717) is 12.7 Å². The molecule has 2 fully saturated rings. The highest BCUT2D eigenvalue weighted by Gasteiger charge is 2.30. The lowest BCUT2D eigenvalue weighted by atomic mass is 10.2. The molecule has 1 saturated carbocycles. The van der Waals surface area contributed by atoms with E-state index < -0.39 is 0 Å². The second kappa shape index (κ2) is 9.61. The molecule has 3 aliphatic rings. The Hall–Kier alpha value is -2.72. The summed E-state index contributed by atoms with van der Waals surface area (Å²) in [6, 6.07) is 19.6. The minimum Gasteiger partial charge on any atom is -0.489 e. The lowest BCUT2D eigenvalue weighted by Crippen LogP contribution is -2.32. The summed E-state index contributed by atoms with van der Waals surface area (Å²) in [5.41, 5.74) is 2.35. The van der Waals surface area contributed by atoms with Gasteiger partial charge in [-0.15, -0.1) is 0 Å². The van der Waals surface area contributed by atoms with Crippen molar-refractivity contribution in [2.24, 2.45) is 0 Å². The van der Waals surface area contributed by atoms with Gasteiger partial charge in [0, 0.05) is 37.6 Å². The molecule has 2 aromatic carbocycles. The van der Waals surface area contributed by atoms with E-state index in [9.17, 15) is 0 Å². The SMILES string of the molecule is C1=CN(c2ccc(O[C@@H]3CCN(C4CCCC4)C3)cc2)CC=C1OCc1ccccc1. The van der Waals surface area contributed by atoms with E-state index in [1.165, 1.54) is 43.5 Å². The topological polar surface area (TPSA) is 24.9 Å². The monoisotopic (exact) mass is 416 g/mol. The highest BCUT2D eigenvalue weighted by Crippen LogP contribution is 2.29. The maximum Gasteiger partial charge on any atom is 0.119 e. The van der Waals surface area contributed by atoms with Crippen molar-refractivity contribution in [1.82, 2.24) is 4.90 Å². The Balaban J connectivity index is 1.10. The van der Waals surface area contributed by atoms with Crippen molar-refractivity contribution < 1.29 is 9.47 Å². The summed E-state index contributed by atoms with van der Waals surface area (Å²) in [6.07, 6.45) is 13.3. The summed E-state index contributed by atoms with van der Waals surface area (Å²) in [7, 11) is 0. The lowest BCUT2D eigenvalue weighted by Gasteiger charge is -2.24. The molecule has 0 unspecified atom stereocenters. The van der Waals surface area contributed by atoms with Crippen LogP contribution in [0.3, 0.4) is 0 Å². The fourth-order valence-electron chi connectivity index (χ4n) is 4.88. The van der Waals surface area contributed by atoms with E-state index in [0.717, 1.165) is 37.1 Å². The summed E-state index contributed by atoms with van der Waals surface area (Å²) >= 11 is 0. The third-order valence-electron chi connectivity index (χ3n) is 6.64. The molecule has 1 aliphatic carbocycles. The molecule has 4 nitrogen and oxygen atoms in total. The van der Waals surface area contributed by atoms with Crippen LogP contribution < -0.4 is 9.64 Å². The van der Waals surface area contributed by atoms with Crippen LogP contribution in [-0.4, -0.2) is 36.7 Å². The molecule has 2 aromatic rings. The van der Waals surface area contributed by atoms with E-state index in [1.54, 1.807) is 0 Å². The average molecular weight is 417 g/mol. The van der Waals surface area contributed by atoms with Gasteiger partial charge in [-0.25, -0.2) is 0 Å². The summed E-state index contributed by atoms with van der Waals surface area (Å²) in [5, 5.41) is 0. The molecule has 4 heteroatoms. The van der Waals surface area contributed by atoms with Gasteiger partial charge in [0.25, 0.3) is 0 Å². The maximum absolute atomic E-state index is 6.29. The number of hydrogen-bond donors (Lipinski definition) is 0. The van der Waals surface area contributed by atoms with E-state index in [1.807, 2.05) is 24.3 Å². The van der Waals surface area contributed by atoms with Gasteiger partial charge < -0.3 is 14.4 Å². The fourth-order valence-corrected chi connectivity index (χ4v) is 4.88. The van der Waals surface area contributed by atoms with Gasteiger partial charge >= 0.3 is 0 Å². The third-order valence-corrected chi connectivity index (χ3v) is 6.64. The van der Waals surface area contributed by atoms with Crippen LogP contribution in [0.5, 0.6) is 5.75 Å². The van der Waals surface area contributed by atoms with Crippen molar-refractivity contribution in [2.45, 2.75) is 50.9 Å². The summed E-state index contributed by atoms with van der Waals surface area (Å²) < 4.78 is 12.2. The Bertz CT molecular complexity index is 901. The number of likely N-dealkylation sites (tertiary alicyclic amines) is 1. The van der Waals surface area contributed by atoms with Gasteiger partial charge in [0.05, 0.1) is 0 Å². The molecule has 2 aliphatic heterocycles. The summed E-state index contributed by atoms with van der Waals surface area (Å²) in [6.45, 7) is 3.67. The molecular weight excluding hydrogens is 384 g/mol. The Labute approximate surface area is 185 Å². The maximum atomic E-state index is 6.29. The molecule has 0 radical (unpaired) electrons. The largest absolute Gasteiger partial charge is 0.489 e. The summed E-state index contributed by atoms with van der Waals surface area (Å²) in [4.78, 5) is 4.87. The zero-order chi connectivity index (χ0) is 20.9. The van der Waals surface area contributed by atoms with Gasteiger partial charge in [-0.3, -0.25) is 4.90 Å². The third kappa shape index (κ3) is 5.13. The van der Waals surface area contributed by atoms with Gasteiger partial charge in [0.2, 0.25) is 0 Å². The number of ether oxygens (including phenoxy) is 2. The minimum atomic E-state index is 0.327. The van der Waals surface area contributed by atoms with Crippen LogP contribution in [0.4, 0.5) is 5.69 Å². The van der Waals surface area contributed by atoms with Crippen molar-refractivity contribution in [3.8, 4) is 5.75 Å². The lowest BCUT2D eigenvalue weighted by molar-refractivity contribution is 0.178. The first-order valence-electron chi connectivity index (χ1n) is 11.7.